The summed E-state index contributed by atoms with van der Waals surface area (Å²) >= 11 is 0. The molecule has 1 aromatic rings. The van der Waals surface area contributed by atoms with Crippen LogP contribution in [0.1, 0.15) is 38.3 Å². The molecule has 1 aliphatic rings. The van der Waals surface area contributed by atoms with Gasteiger partial charge in [0.05, 0.1) is 4.92 Å². The first-order valence-corrected chi connectivity index (χ1v) is 7.81. The van der Waals surface area contributed by atoms with Gasteiger partial charge in [-0.1, -0.05) is 19.1 Å². The van der Waals surface area contributed by atoms with Crippen molar-refractivity contribution in [2.75, 3.05) is 26.2 Å². The number of piperidine rings is 1. The summed E-state index contributed by atoms with van der Waals surface area (Å²) in [6.45, 7) is 8.68. The van der Waals surface area contributed by atoms with E-state index in [0.717, 1.165) is 31.7 Å². The van der Waals surface area contributed by atoms with Gasteiger partial charge in [-0.3, -0.25) is 15.0 Å². The standard InChI is InChI=1S/C16H25N3O2/c1-3-18(12-14-5-4-10-17-11-14)13(2)15-6-8-16(9-7-15)19(20)21/h6-9,13-14,17H,3-5,10-12H2,1-2H3. The van der Waals surface area contributed by atoms with E-state index in [0.29, 0.717) is 5.92 Å². The fourth-order valence-corrected chi connectivity index (χ4v) is 3.06. The summed E-state index contributed by atoms with van der Waals surface area (Å²) in [6, 6.07) is 7.25. The van der Waals surface area contributed by atoms with Gasteiger partial charge >= 0.3 is 0 Å². The van der Waals surface area contributed by atoms with Crippen molar-refractivity contribution < 1.29 is 4.92 Å². The predicted molar refractivity (Wildman–Crippen MR) is 84.4 cm³/mol. The van der Waals surface area contributed by atoms with E-state index in [4.69, 9.17) is 0 Å². The average molecular weight is 291 g/mol. The molecule has 0 aliphatic carbocycles. The number of hydrogen-bond donors (Lipinski definition) is 1. The molecule has 2 unspecified atom stereocenters. The molecule has 0 aromatic heterocycles. The highest BCUT2D eigenvalue weighted by atomic mass is 16.6. The topological polar surface area (TPSA) is 58.4 Å². The van der Waals surface area contributed by atoms with E-state index in [9.17, 15) is 10.1 Å². The number of nitro groups is 1. The summed E-state index contributed by atoms with van der Waals surface area (Å²) < 4.78 is 0. The second-order valence-electron chi connectivity index (χ2n) is 5.82. The van der Waals surface area contributed by atoms with Gasteiger partial charge in [0.25, 0.3) is 5.69 Å². The SMILES string of the molecule is CCN(CC1CCCNC1)C(C)c1ccc([N+](=O)[O-])cc1. The Balaban J connectivity index is 2.00. The van der Waals surface area contributed by atoms with Crippen molar-refractivity contribution in [2.24, 2.45) is 5.92 Å². The zero-order chi connectivity index (χ0) is 15.2. The summed E-state index contributed by atoms with van der Waals surface area (Å²) in [5.41, 5.74) is 1.30. The van der Waals surface area contributed by atoms with Crippen LogP contribution in [0.25, 0.3) is 0 Å². The molecule has 1 aromatic carbocycles. The number of non-ortho nitro benzene ring substituents is 1. The lowest BCUT2D eigenvalue weighted by Crippen LogP contribution is -2.39. The van der Waals surface area contributed by atoms with Gasteiger partial charge in [-0.2, -0.15) is 0 Å². The van der Waals surface area contributed by atoms with Crippen molar-refractivity contribution >= 4 is 5.69 Å². The maximum atomic E-state index is 10.7. The summed E-state index contributed by atoms with van der Waals surface area (Å²) in [5, 5.41) is 14.2. The molecular formula is C16H25N3O2. The van der Waals surface area contributed by atoms with Crippen molar-refractivity contribution in [3.63, 3.8) is 0 Å². The highest BCUT2D eigenvalue weighted by molar-refractivity contribution is 5.34. The smallest absolute Gasteiger partial charge is 0.269 e. The number of rotatable bonds is 6. The van der Waals surface area contributed by atoms with Gasteiger partial charge in [0.1, 0.15) is 0 Å². The minimum absolute atomic E-state index is 0.158. The van der Waals surface area contributed by atoms with E-state index in [2.05, 4.69) is 24.1 Å². The molecule has 1 saturated heterocycles. The van der Waals surface area contributed by atoms with Crippen LogP contribution in [0.5, 0.6) is 0 Å². The maximum absolute atomic E-state index is 10.7. The van der Waals surface area contributed by atoms with Crippen molar-refractivity contribution in [3.05, 3.63) is 39.9 Å². The minimum atomic E-state index is -0.347. The summed E-state index contributed by atoms with van der Waals surface area (Å²) in [7, 11) is 0. The molecule has 1 aliphatic heterocycles. The molecule has 2 atom stereocenters. The molecule has 5 nitrogen and oxygen atoms in total. The Labute approximate surface area is 126 Å². The van der Waals surface area contributed by atoms with Gasteiger partial charge < -0.3 is 5.32 Å². The highest BCUT2D eigenvalue weighted by Crippen LogP contribution is 2.24. The van der Waals surface area contributed by atoms with E-state index < -0.39 is 0 Å². The zero-order valence-electron chi connectivity index (χ0n) is 12.9. The highest BCUT2D eigenvalue weighted by Gasteiger charge is 2.21. The van der Waals surface area contributed by atoms with E-state index in [-0.39, 0.29) is 16.7 Å². The summed E-state index contributed by atoms with van der Waals surface area (Å²) in [4.78, 5) is 12.8. The third-order valence-corrected chi connectivity index (χ3v) is 4.43. The number of nitro benzene ring substituents is 1. The lowest BCUT2D eigenvalue weighted by atomic mass is 9.97. The van der Waals surface area contributed by atoms with Gasteiger partial charge in [-0.05, 0) is 50.9 Å². The van der Waals surface area contributed by atoms with Crippen LogP contribution >= 0.6 is 0 Å². The van der Waals surface area contributed by atoms with Gasteiger partial charge in [-0.15, -0.1) is 0 Å². The molecule has 1 heterocycles. The van der Waals surface area contributed by atoms with Crippen LogP contribution in [0.15, 0.2) is 24.3 Å². The Kier molecular flexibility index (Phi) is 5.70. The molecule has 1 N–H and O–H groups in total. The van der Waals surface area contributed by atoms with Crippen LogP contribution in [-0.4, -0.2) is 36.0 Å². The van der Waals surface area contributed by atoms with Crippen LogP contribution < -0.4 is 5.32 Å². The van der Waals surface area contributed by atoms with Crippen molar-refractivity contribution in [1.82, 2.24) is 10.2 Å². The van der Waals surface area contributed by atoms with E-state index >= 15 is 0 Å². The van der Waals surface area contributed by atoms with Crippen LogP contribution in [0, 0.1) is 16.0 Å². The van der Waals surface area contributed by atoms with Crippen LogP contribution in [0.3, 0.4) is 0 Å². The molecule has 0 spiro atoms. The van der Waals surface area contributed by atoms with Gasteiger partial charge in [0, 0.05) is 24.7 Å². The molecule has 116 valence electrons. The fraction of sp³-hybridized carbons (Fsp3) is 0.625. The Morgan fingerprint density at radius 2 is 2.14 bits per heavy atom. The third-order valence-electron chi connectivity index (χ3n) is 4.43. The average Bonchev–Trinajstić information content (AvgIpc) is 2.53. The Morgan fingerprint density at radius 3 is 2.67 bits per heavy atom. The van der Waals surface area contributed by atoms with Crippen molar-refractivity contribution in [1.29, 1.82) is 0 Å². The lowest BCUT2D eigenvalue weighted by molar-refractivity contribution is -0.384. The van der Waals surface area contributed by atoms with E-state index in [1.807, 2.05) is 12.1 Å². The molecule has 5 heteroatoms. The van der Waals surface area contributed by atoms with Crippen molar-refractivity contribution in [3.8, 4) is 0 Å². The van der Waals surface area contributed by atoms with E-state index in [1.54, 1.807) is 12.1 Å². The van der Waals surface area contributed by atoms with Crippen LogP contribution in [-0.2, 0) is 0 Å². The third kappa shape index (κ3) is 4.25. The molecule has 21 heavy (non-hydrogen) atoms. The van der Waals surface area contributed by atoms with Gasteiger partial charge in [-0.25, -0.2) is 0 Å². The maximum Gasteiger partial charge on any atom is 0.269 e. The number of nitrogens with zero attached hydrogens (tertiary/aromatic N) is 2. The molecule has 0 radical (unpaired) electrons. The molecule has 0 amide bonds. The molecule has 2 rings (SSSR count). The first kappa shape index (κ1) is 15.9. The fourth-order valence-electron chi connectivity index (χ4n) is 3.06. The zero-order valence-corrected chi connectivity index (χ0v) is 12.9. The van der Waals surface area contributed by atoms with Gasteiger partial charge in [0.2, 0.25) is 0 Å². The van der Waals surface area contributed by atoms with E-state index in [1.165, 1.54) is 12.8 Å². The van der Waals surface area contributed by atoms with Gasteiger partial charge in [0.15, 0.2) is 0 Å². The van der Waals surface area contributed by atoms with Crippen LogP contribution in [0.4, 0.5) is 5.69 Å². The first-order chi connectivity index (χ1) is 10.1. The normalized spacial score (nSPS) is 20.4. The monoisotopic (exact) mass is 291 g/mol. The molecular weight excluding hydrogens is 266 g/mol. The Hall–Kier alpha value is -1.46. The number of benzene rings is 1. The Bertz CT molecular complexity index is 455. The predicted octanol–water partition coefficient (Wildman–Crippen LogP) is 2.98. The quantitative estimate of drug-likeness (QED) is 0.646. The number of nitrogens with one attached hydrogen (secondary N) is 1. The number of hydrogen-bond acceptors (Lipinski definition) is 4. The molecule has 0 bridgehead atoms. The summed E-state index contributed by atoms with van der Waals surface area (Å²) in [5.74, 6) is 0.708. The molecule has 0 saturated carbocycles. The second-order valence-corrected chi connectivity index (χ2v) is 5.82. The lowest BCUT2D eigenvalue weighted by Gasteiger charge is -2.33. The van der Waals surface area contributed by atoms with Crippen molar-refractivity contribution in [2.45, 2.75) is 32.7 Å². The van der Waals surface area contributed by atoms with Crippen LogP contribution in [0.2, 0.25) is 0 Å². The second kappa shape index (κ2) is 7.52. The Morgan fingerprint density at radius 1 is 1.43 bits per heavy atom. The first-order valence-electron chi connectivity index (χ1n) is 7.81. The minimum Gasteiger partial charge on any atom is -0.316 e. The molecule has 1 fully saturated rings. The summed E-state index contributed by atoms with van der Waals surface area (Å²) in [6.07, 6.45) is 2.55. The largest absolute Gasteiger partial charge is 0.316 e.